The number of ether oxygens (including phenoxy) is 1. The molecule has 1 heterocycles. The van der Waals surface area contributed by atoms with E-state index in [0.717, 1.165) is 22.0 Å². The number of nitrogens with two attached hydrogens (primary N) is 1. The zero-order valence-electron chi connectivity index (χ0n) is 10.9. The quantitative estimate of drug-likeness (QED) is 0.854. The second-order valence-electron chi connectivity index (χ2n) is 4.60. The van der Waals surface area contributed by atoms with Crippen molar-refractivity contribution in [2.45, 2.75) is 20.0 Å². The first kappa shape index (κ1) is 13.1. The molecule has 18 heavy (non-hydrogen) atoms. The van der Waals surface area contributed by atoms with Crippen LogP contribution in [0.2, 0.25) is 0 Å². The number of rotatable bonds is 4. The van der Waals surface area contributed by atoms with Crippen LogP contribution in [0.3, 0.4) is 0 Å². The van der Waals surface area contributed by atoms with Crippen LogP contribution in [0, 0.1) is 5.92 Å². The van der Waals surface area contributed by atoms with Gasteiger partial charge >= 0.3 is 0 Å². The number of hydrogen-bond acceptors (Lipinski definition) is 4. The Morgan fingerprint density at radius 1 is 1.33 bits per heavy atom. The Balaban J connectivity index is 2.30. The second kappa shape index (κ2) is 5.50. The van der Waals surface area contributed by atoms with Crippen LogP contribution in [-0.2, 0) is 4.74 Å². The molecule has 1 unspecified atom stereocenters. The number of anilines is 1. The van der Waals surface area contributed by atoms with Crippen molar-refractivity contribution in [2.75, 3.05) is 12.8 Å². The first-order chi connectivity index (χ1) is 8.61. The van der Waals surface area contributed by atoms with Crippen molar-refractivity contribution in [2.24, 2.45) is 5.92 Å². The number of nitrogen functional groups attached to an aromatic ring is 1. The summed E-state index contributed by atoms with van der Waals surface area (Å²) in [5.41, 5.74) is 8.56. The summed E-state index contributed by atoms with van der Waals surface area (Å²) in [6, 6.07) is 7.78. The minimum absolute atomic E-state index is 0.0600. The van der Waals surface area contributed by atoms with Gasteiger partial charge in [-0.3, -0.25) is 0 Å². The average Bonchev–Trinajstić information content (AvgIpc) is 2.79. The highest BCUT2D eigenvalue weighted by molar-refractivity contribution is 7.10. The number of aromatic nitrogens is 1. The first-order valence-corrected chi connectivity index (χ1v) is 6.84. The summed E-state index contributed by atoms with van der Waals surface area (Å²) < 4.78 is 5.49. The van der Waals surface area contributed by atoms with Crippen molar-refractivity contribution in [1.82, 2.24) is 4.98 Å². The molecule has 0 bridgehead atoms. The van der Waals surface area contributed by atoms with Crippen LogP contribution >= 0.6 is 11.3 Å². The Kier molecular flexibility index (Phi) is 3.99. The van der Waals surface area contributed by atoms with Crippen LogP contribution in [0.5, 0.6) is 0 Å². The Hall–Kier alpha value is -1.39. The molecule has 2 N–H and O–H groups in total. The van der Waals surface area contributed by atoms with Gasteiger partial charge in [0.2, 0.25) is 0 Å². The van der Waals surface area contributed by atoms with Gasteiger partial charge in [0.05, 0.1) is 5.69 Å². The van der Waals surface area contributed by atoms with E-state index < -0.39 is 0 Å². The van der Waals surface area contributed by atoms with Gasteiger partial charge in [-0.05, 0) is 18.1 Å². The first-order valence-electron chi connectivity index (χ1n) is 5.96. The van der Waals surface area contributed by atoms with E-state index in [4.69, 9.17) is 10.5 Å². The number of benzene rings is 1. The standard InChI is InChI=1S/C14H18N2OS/c1-9(2)13(17-3)14-16-12(8-18-14)10-5-4-6-11(15)7-10/h4-9,13H,15H2,1-3H3. The maximum atomic E-state index is 5.79. The Morgan fingerprint density at radius 3 is 2.72 bits per heavy atom. The van der Waals surface area contributed by atoms with E-state index in [2.05, 4.69) is 24.2 Å². The highest BCUT2D eigenvalue weighted by Gasteiger charge is 2.19. The van der Waals surface area contributed by atoms with Gasteiger partial charge in [-0.25, -0.2) is 4.98 Å². The summed E-state index contributed by atoms with van der Waals surface area (Å²) in [5.74, 6) is 0.412. The maximum absolute atomic E-state index is 5.79. The van der Waals surface area contributed by atoms with E-state index in [9.17, 15) is 0 Å². The fourth-order valence-electron chi connectivity index (χ4n) is 1.91. The molecule has 2 rings (SSSR count). The van der Waals surface area contributed by atoms with E-state index in [1.54, 1.807) is 18.4 Å². The van der Waals surface area contributed by atoms with Gasteiger partial charge in [0.1, 0.15) is 11.1 Å². The van der Waals surface area contributed by atoms with Crippen molar-refractivity contribution >= 4 is 17.0 Å². The molecule has 0 aliphatic heterocycles. The summed E-state index contributed by atoms with van der Waals surface area (Å²) in [5, 5.41) is 3.07. The molecule has 4 heteroatoms. The Bertz CT molecular complexity index is 522. The minimum atomic E-state index is 0.0600. The normalized spacial score (nSPS) is 12.9. The largest absolute Gasteiger partial charge is 0.399 e. The predicted molar refractivity (Wildman–Crippen MR) is 76.6 cm³/mol. The zero-order chi connectivity index (χ0) is 13.1. The minimum Gasteiger partial charge on any atom is -0.399 e. The number of hydrogen-bond donors (Lipinski definition) is 1. The lowest BCUT2D eigenvalue weighted by Gasteiger charge is -2.15. The second-order valence-corrected chi connectivity index (χ2v) is 5.49. The summed E-state index contributed by atoms with van der Waals surface area (Å²) in [6.45, 7) is 4.27. The van der Waals surface area contributed by atoms with Crippen LogP contribution < -0.4 is 5.73 Å². The molecule has 0 saturated carbocycles. The van der Waals surface area contributed by atoms with Gasteiger partial charge in [-0.15, -0.1) is 11.3 Å². The molecule has 0 spiro atoms. The van der Waals surface area contributed by atoms with Gasteiger partial charge in [0, 0.05) is 23.7 Å². The monoisotopic (exact) mass is 262 g/mol. The van der Waals surface area contributed by atoms with Crippen molar-refractivity contribution < 1.29 is 4.74 Å². The van der Waals surface area contributed by atoms with E-state index in [-0.39, 0.29) is 6.10 Å². The van der Waals surface area contributed by atoms with Gasteiger partial charge in [0.25, 0.3) is 0 Å². The summed E-state index contributed by atoms with van der Waals surface area (Å²) in [6.07, 6.45) is 0.0600. The fraction of sp³-hybridized carbons (Fsp3) is 0.357. The molecule has 1 aromatic heterocycles. The lowest BCUT2D eigenvalue weighted by atomic mass is 10.1. The van der Waals surface area contributed by atoms with Gasteiger partial charge in [-0.1, -0.05) is 26.0 Å². The molecule has 2 aromatic rings. The molecular formula is C14H18N2OS. The topological polar surface area (TPSA) is 48.1 Å². The lowest BCUT2D eigenvalue weighted by Crippen LogP contribution is -2.08. The Labute approximate surface area is 112 Å². The third-order valence-corrected chi connectivity index (χ3v) is 3.71. The predicted octanol–water partition coefficient (Wildman–Crippen LogP) is 3.74. The van der Waals surface area contributed by atoms with Crippen LogP contribution in [0.4, 0.5) is 5.69 Å². The third-order valence-electron chi connectivity index (χ3n) is 2.81. The zero-order valence-corrected chi connectivity index (χ0v) is 11.7. The van der Waals surface area contributed by atoms with Crippen LogP contribution in [-0.4, -0.2) is 12.1 Å². The van der Waals surface area contributed by atoms with Crippen molar-refractivity contribution in [3.63, 3.8) is 0 Å². The SMILES string of the molecule is COC(c1nc(-c2cccc(N)c2)cs1)C(C)C. The molecule has 0 fully saturated rings. The van der Waals surface area contributed by atoms with Crippen molar-refractivity contribution in [3.05, 3.63) is 34.7 Å². The van der Waals surface area contributed by atoms with Gasteiger partial charge in [-0.2, -0.15) is 0 Å². The molecule has 3 nitrogen and oxygen atoms in total. The average molecular weight is 262 g/mol. The van der Waals surface area contributed by atoms with Crippen LogP contribution in [0.15, 0.2) is 29.6 Å². The van der Waals surface area contributed by atoms with E-state index in [1.165, 1.54) is 0 Å². The smallest absolute Gasteiger partial charge is 0.122 e. The molecule has 96 valence electrons. The van der Waals surface area contributed by atoms with Crippen molar-refractivity contribution in [1.29, 1.82) is 0 Å². The summed E-state index contributed by atoms with van der Waals surface area (Å²) in [7, 11) is 1.73. The molecular weight excluding hydrogens is 244 g/mol. The van der Waals surface area contributed by atoms with Gasteiger partial charge in [0.15, 0.2) is 0 Å². The molecule has 0 saturated heterocycles. The molecule has 1 aromatic carbocycles. The third kappa shape index (κ3) is 2.71. The lowest BCUT2D eigenvalue weighted by molar-refractivity contribution is 0.0645. The summed E-state index contributed by atoms with van der Waals surface area (Å²) in [4.78, 5) is 4.65. The van der Waals surface area contributed by atoms with E-state index in [1.807, 2.05) is 24.3 Å². The van der Waals surface area contributed by atoms with Crippen molar-refractivity contribution in [3.8, 4) is 11.3 Å². The van der Waals surface area contributed by atoms with Gasteiger partial charge < -0.3 is 10.5 Å². The number of thiazole rings is 1. The highest BCUT2D eigenvalue weighted by Crippen LogP contribution is 2.31. The fourth-order valence-corrected chi connectivity index (χ4v) is 2.98. The maximum Gasteiger partial charge on any atom is 0.122 e. The summed E-state index contributed by atoms with van der Waals surface area (Å²) >= 11 is 1.63. The molecule has 1 atom stereocenters. The van der Waals surface area contributed by atoms with Crippen LogP contribution in [0.1, 0.15) is 25.0 Å². The van der Waals surface area contributed by atoms with E-state index in [0.29, 0.717) is 5.92 Å². The van der Waals surface area contributed by atoms with E-state index >= 15 is 0 Å². The highest BCUT2D eigenvalue weighted by atomic mass is 32.1. The molecule has 0 radical (unpaired) electrons. The number of nitrogens with zero attached hydrogens (tertiary/aromatic N) is 1. The number of methoxy groups -OCH3 is 1. The van der Waals surface area contributed by atoms with Crippen LogP contribution in [0.25, 0.3) is 11.3 Å². The molecule has 0 aliphatic carbocycles. The Morgan fingerprint density at radius 2 is 2.11 bits per heavy atom. The molecule has 0 amide bonds. The molecule has 0 aliphatic rings.